The Morgan fingerprint density at radius 2 is 2.00 bits per heavy atom. The van der Waals surface area contributed by atoms with Crippen LogP contribution in [0.4, 0.5) is 10.5 Å². The van der Waals surface area contributed by atoms with Crippen molar-refractivity contribution in [2.45, 2.75) is 12.8 Å². The zero-order valence-corrected chi connectivity index (χ0v) is 13.0. The molecular formula is C15H20ClN3O3. The third kappa shape index (κ3) is 5.91. The van der Waals surface area contributed by atoms with E-state index in [1.807, 2.05) is 0 Å². The molecule has 0 saturated carbocycles. The molecule has 3 amide bonds. The number of amides is 3. The Hall–Kier alpha value is -1.79. The average Bonchev–Trinajstić information content (AvgIpc) is 2.54. The molecular weight excluding hydrogens is 306 g/mol. The number of halogens is 1. The third-order valence-electron chi connectivity index (χ3n) is 3.34. The Bertz CT molecular complexity index is 501. The van der Waals surface area contributed by atoms with Crippen molar-refractivity contribution in [3.8, 4) is 0 Å². The van der Waals surface area contributed by atoms with Crippen molar-refractivity contribution in [3.05, 3.63) is 29.3 Å². The van der Waals surface area contributed by atoms with Crippen molar-refractivity contribution in [1.29, 1.82) is 0 Å². The van der Waals surface area contributed by atoms with Crippen LogP contribution in [0.25, 0.3) is 0 Å². The second-order valence-electron chi connectivity index (χ2n) is 5.20. The predicted octanol–water partition coefficient (Wildman–Crippen LogP) is 2.00. The quantitative estimate of drug-likeness (QED) is 0.774. The van der Waals surface area contributed by atoms with Crippen molar-refractivity contribution in [1.82, 2.24) is 10.6 Å². The molecule has 1 aromatic carbocycles. The summed E-state index contributed by atoms with van der Waals surface area (Å²) in [6.45, 7) is 1.95. The van der Waals surface area contributed by atoms with E-state index in [1.165, 1.54) is 0 Å². The van der Waals surface area contributed by atoms with Gasteiger partial charge in [-0.3, -0.25) is 4.79 Å². The predicted molar refractivity (Wildman–Crippen MR) is 85.0 cm³/mol. The molecule has 6 nitrogen and oxygen atoms in total. The van der Waals surface area contributed by atoms with Crippen LogP contribution >= 0.6 is 11.6 Å². The fraction of sp³-hybridized carbons (Fsp3) is 0.467. The summed E-state index contributed by atoms with van der Waals surface area (Å²) in [6.07, 6.45) is 2.08. The smallest absolute Gasteiger partial charge is 0.315 e. The first-order chi connectivity index (χ1) is 10.6. The van der Waals surface area contributed by atoms with Crippen LogP contribution in [0.5, 0.6) is 0 Å². The number of urea groups is 1. The number of carbonyl (C=O) groups is 2. The summed E-state index contributed by atoms with van der Waals surface area (Å²) in [6, 6.07) is 6.41. The molecule has 0 radical (unpaired) electrons. The Labute approximate surface area is 134 Å². The molecule has 1 aromatic rings. The van der Waals surface area contributed by atoms with Crippen LogP contribution in [0.2, 0.25) is 5.02 Å². The molecule has 1 saturated heterocycles. The van der Waals surface area contributed by atoms with Crippen molar-refractivity contribution in [2.24, 2.45) is 5.92 Å². The Morgan fingerprint density at radius 3 is 2.68 bits per heavy atom. The van der Waals surface area contributed by atoms with Crippen LogP contribution in [0, 0.1) is 5.92 Å². The molecule has 22 heavy (non-hydrogen) atoms. The van der Waals surface area contributed by atoms with Gasteiger partial charge in [-0.05, 0) is 43.0 Å². The van der Waals surface area contributed by atoms with E-state index in [9.17, 15) is 9.59 Å². The highest BCUT2D eigenvalue weighted by Gasteiger charge is 2.14. The minimum Gasteiger partial charge on any atom is -0.381 e. The van der Waals surface area contributed by atoms with E-state index < -0.39 is 0 Å². The molecule has 1 aliphatic heterocycles. The van der Waals surface area contributed by atoms with Gasteiger partial charge in [0.2, 0.25) is 5.91 Å². The lowest BCUT2D eigenvalue weighted by Gasteiger charge is -2.22. The lowest BCUT2D eigenvalue weighted by molar-refractivity contribution is -0.115. The van der Waals surface area contributed by atoms with Crippen molar-refractivity contribution >= 4 is 29.2 Å². The summed E-state index contributed by atoms with van der Waals surface area (Å²) < 4.78 is 5.34. The molecule has 0 unspecified atom stereocenters. The van der Waals surface area contributed by atoms with E-state index in [0.29, 0.717) is 29.8 Å². The van der Waals surface area contributed by atoms with Gasteiger partial charge in [0, 0.05) is 23.9 Å². The van der Waals surface area contributed by atoms with Crippen molar-refractivity contribution in [2.75, 3.05) is 31.6 Å². The Balaban J connectivity index is 1.62. The number of nitrogens with one attached hydrogen (secondary N) is 3. The van der Waals surface area contributed by atoms with Gasteiger partial charge >= 0.3 is 6.03 Å². The number of carbonyl (C=O) groups excluding carboxylic acids is 2. The molecule has 1 aliphatic rings. The highest BCUT2D eigenvalue weighted by Crippen LogP contribution is 2.13. The fourth-order valence-electron chi connectivity index (χ4n) is 2.17. The standard InChI is InChI=1S/C15H20ClN3O3/c16-12-3-5-13(6-4-12)19-14(20)9-18-15(21)17-8-11-2-1-7-22-10-11/h3-6,11H,1-2,7-10H2,(H,19,20)(H2,17,18,21)/t11-/m0/s1. The van der Waals surface area contributed by atoms with E-state index in [4.69, 9.17) is 16.3 Å². The molecule has 0 aromatic heterocycles. The van der Waals surface area contributed by atoms with E-state index in [0.717, 1.165) is 19.4 Å². The summed E-state index contributed by atoms with van der Waals surface area (Å²) in [7, 11) is 0. The normalized spacial score (nSPS) is 17.6. The van der Waals surface area contributed by atoms with Gasteiger partial charge in [0.25, 0.3) is 0 Å². The number of rotatable bonds is 5. The first-order valence-electron chi connectivity index (χ1n) is 7.28. The van der Waals surface area contributed by atoms with E-state index in [1.54, 1.807) is 24.3 Å². The van der Waals surface area contributed by atoms with E-state index >= 15 is 0 Å². The molecule has 0 aliphatic carbocycles. The first kappa shape index (κ1) is 16.6. The van der Waals surface area contributed by atoms with Gasteiger partial charge in [0.05, 0.1) is 13.2 Å². The number of ether oxygens (including phenoxy) is 1. The van der Waals surface area contributed by atoms with Crippen molar-refractivity contribution < 1.29 is 14.3 Å². The van der Waals surface area contributed by atoms with Crippen LogP contribution in [0.15, 0.2) is 24.3 Å². The number of anilines is 1. The maximum absolute atomic E-state index is 11.7. The molecule has 120 valence electrons. The maximum atomic E-state index is 11.7. The minimum absolute atomic E-state index is 0.0877. The largest absolute Gasteiger partial charge is 0.381 e. The Kier molecular flexibility index (Phi) is 6.48. The molecule has 1 heterocycles. The van der Waals surface area contributed by atoms with Crippen LogP contribution in [-0.2, 0) is 9.53 Å². The van der Waals surface area contributed by atoms with Crippen LogP contribution in [-0.4, -0.2) is 38.2 Å². The summed E-state index contributed by atoms with van der Waals surface area (Å²) in [5.74, 6) is 0.0564. The lowest BCUT2D eigenvalue weighted by atomic mass is 10.0. The summed E-state index contributed by atoms with van der Waals surface area (Å²) in [5, 5.41) is 8.55. The van der Waals surface area contributed by atoms with Gasteiger partial charge in [-0.2, -0.15) is 0 Å². The lowest BCUT2D eigenvalue weighted by Crippen LogP contribution is -2.42. The topological polar surface area (TPSA) is 79.5 Å². The van der Waals surface area contributed by atoms with Crippen LogP contribution < -0.4 is 16.0 Å². The van der Waals surface area contributed by atoms with Gasteiger partial charge in [-0.1, -0.05) is 11.6 Å². The summed E-state index contributed by atoms with van der Waals surface area (Å²) in [4.78, 5) is 23.3. The van der Waals surface area contributed by atoms with Crippen molar-refractivity contribution in [3.63, 3.8) is 0 Å². The second kappa shape index (κ2) is 8.60. The zero-order chi connectivity index (χ0) is 15.8. The molecule has 1 fully saturated rings. The van der Waals surface area contributed by atoms with Gasteiger partial charge in [-0.25, -0.2) is 4.79 Å². The average molecular weight is 326 g/mol. The highest BCUT2D eigenvalue weighted by atomic mass is 35.5. The van der Waals surface area contributed by atoms with Gasteiger partial charge in [0.15, 0.2) is 0 Å². The molecule has 0 spiro atoms. The summed E-state index contributed by atoms with van der Waals surface area (Å²) >= 11 is 5.76. The van der Waals surface area contributed by atoms with Gasteiger partial charge in [-0.15, -0.1) is 0 Å². The zero-order valence-electron chi connectivity index (χ0n) is 12.2. The van der Waals surface area contributed by atoms with Gasteiger partial charge < -0.3 is 20.7 Å². The van der Waals surface area contributed by atoms with Crippen LogP contribution in [0.1, 0.15) is 12.8 Å². The number of benzene rings is 1. The molecule has 7 heteroatoms. The van der Waals surface area contributed by atoms with Gasteiger partial charge in [0.1, 0.15) is 0 Å². The van der Waals surface area contributed by atoms with E-state index in [-0.39, 0.29) is 18.5 Å². The Morgan fingerprint density at radius 1 is 1.23 bits per heavy atom. The first-order valence-corrected chi connectivity index (χ1v) is 7.66. The second-order valence-corrected chi connectivity index (χ2v) is 5.64. The fourth-order valence-corrected chi connectivity index (χ4v) is 2.29. The summed E-state index contributed by atoms with van der Waals surface area (Å²) in [5.41, 5.74) is 0.635. The number of hydrogen-bond acceptors (Lipinski definition) is 3. The number of hydrogen-bond donors (Lipinski definition) is 3. The third-order valence-corrected chi connectivity index (χ3v) is 3.60. The molecule has 2 rings (SSSR count). The van der Waals surface area contributed by atoms with Crippen LogP contribution in [0.3, 0.4) is 0 Å². The SMILES string of the molecule is O=C(CNC(=O)NC[C@@H]1CCCOC1)Nc1ccc(Cl)cc1. The highest BCUT2D eigenvalue weighted by molar-refractivity contribution is 6.30. The maximum Gasteiger partial charge on any atom is 0.315 e. The molecule has 3 N–H and O–H groups in total. The molecule has 1 atom stereocenters. The van der Waals surface area contributed by atoms with E-state index in [2.05, 4.69) is 16.0 Å². The monoisotopic (exact) mass is 325 g/mol. The minimum atomic E-state index is -0.350. The molecule has 0 bridgehead atoms.